The number of hydrogen-bond acceptors (Lipinski definition) is 3. The minimum atomic E-state index is 0.0534. The fraction of sp³-hybridized carbons (Fsp3) is 0.588. The molecule has 0 aromatic heterocycles. The molecule has 1 heterocycles. The Labute approximate surface area is 127 Å². The largest absolute Gasteiger partial charge is 0.382 e. The summed E-state index contributed by atoms with van der Waals surface area (Å²) >= 11 is 0. The van der Waals surface area contributed by atoms with Crippen molar-refractivity contribution in [1.82, 2.24) is 4.90 Å². The third-order valence-electron chi connectivity index (χ3n) is 4.41. The summed E-state index contributed by atoms with van der Waals surface area (Å²) in [7, 11) is 2.19. The lowest BCUT2D eigenvalue weighted by atomic mass is 9.98. The van der Waals surface area contributed by atoms with Crippen LogP contribution in [-0.4, -0.2) is 36.5 Å². The number of carbonyl (C=O) groups is 1. The average molecular weight is 289 g/mol. The lowest BCUT2D eigenvalue weighted by molar-refractivity contribution is -0.115. The zero-order chi connectivity index (χ0) is 15.4. The Morgan fingerprint density at radius 2 is 2.19 bits per heavy atom. The van der Waals surface area contributed by atoms with Crippen molar-refractivity contribution in [3.05, 3.63) is 23.8 Å². The predicted molar refractivity (Wildman–Crippen MR) is 88.8 cm³/mol. The molecule has 4 heteroatoms. The van der Waals surface area contributed by atoms with Crippen molar-refractivity contribution in [3.63, 3.8) is 0 Å². The third kappa shape index (κ3) is 4.21. The Kier molecular flexibility index (Phi) is 5.23. The van der Waals surface area contributed by atoms with Gasteiger partial charge in [0.2, 0.25) is 5.91 Å². The summed E-state index contributed by atoms with van der Waals surface area (Å²) in [6.07, 6.45) is 2.82. The standard InChI is InChI=1S/C17H27N3O/c1-5-17(21)19-14-7-6-12(2)16(11-14)18-15-8-9-20(4)13(3)10-15/h6-7,11,13,15,18H,5,8-10H2,1-4H3,(H,19,21). The number of piperidine rings is 1. The normalized spacial score (nSPS) is 22.9. The lowest BCUT2D eigenvalue weighted by Gasteiger charge is -2.36. The first kappa shape index (κ1) is 15.8. The summed E-state index contributed by atoms with van der Waals surface area (Å²) in [6.45, 7) is 7.37. The minimum Gasteiger partial charge on any atom is -0.382 e. The van der Waals surface area contributed by atoms with E-state index in [1.807, 2.05) is 19.1 Å². The van der Waals surface area contributed by atoms with Crippen LogP contribution in [0.4, 0.5) is 11.4 Å². The van der Waals surface area contributed by atoms with Crippen molar-refractivity contribution in [2.24, 2.45) is 0 Å². The van der Waals surface area contributed by atoms with Crippen molar-refractivity contribution in [3.8, 4) is 0 Å². The van der Waals surface area contributed by atoms with Gasteiger partial charge in [-0.05, 0) is 51.4 Å². The molecule has 0 saturated carbocycles. The number of anilines is 2. The van der Waals surface area contributed by atoms with Crippen LogP contribution in [-0.2, 0) is 4.79 Å². The van der Waals surface area contributed by atoms with Crippen molar-refractivity contribution in [2.45, 2.75) is 52.1 Å². The summed E-state index contributed by atoms with van der Waals surface area (Å²) in [6, 6.07) is 7.19. The number of nitrogens with one attached hydrogen (secondary N) is 2. The van der Waals surface area contributed by atoms with Gasteiger partial charge in [0, 0.05) is 36.4 Å². The monoisotopic (exact) mass is 289 g/mol. The summed E-state index contributed by atoms with van der Waals surface area (Å²) in [5.41, 5.74) is 3.22. The molecule has 2 unspecified atom stereocenters. The number of aryl methyl sites for hydroxylation is 1. The molecule has 2 atom stereocenters. The van der Waals surface area contributed by atoms with Crippen LogP contribution in [0.3, 0.4) is 0 Å². The Morgan fingerprint density at radius 3 is 2.86 bits per heavy atom. The molecule has 116 valence electrons. The molecule has 1 fully saturated rings. The number of hydrogen-bond donors (Lipinski definition) is 2. The van der Waals surface area contributed by atoms with E-state index in [0.29, 0.717) is 18.5 Å². The maximum atomic E-state index is 11.5. The molecule has 1 aromatic carbocycles. The lowest BCUT2D eigenvalue weighted by Crippen LogP contribution is -2.42. The zero-order valence-electron chi connectivity index (χ0n) is 13.6. The minimum absolute atomic E-state index is 0.0534. The molecule has 21 heavy (non-hydrogen) atoms. The Bertz CT molecular complexity index is 501. The fourth-order valence-electron chi connectivity index (χ4n) is 2.75. The van der Waals surface area contributed by atoms with E-state index in [1.165, 1.54) is 5.56 Å². The summed E-state index contributed by atoms with van der Waals surface area (Å²) in [5.74, 6) is 0.0534. The fourth-order valence-corrected chi connectivity index (χ4v) is 2.75. The first-order valence-corrected chi connectivity index (χ1v) is 7.87. The maximum Gasteiger partial charge on any atom is 0.224 e. The first-order valence-electron chi connectivity index (χ1n) is 7.87. The number of likely N-dealkylation sites (tertiary alicyclic amines) is 1. The summed E-state index contributed by atoms with van der Waals surface area (Å²) in [4.78, 5) is 13.9. The number of carbonyl (C=O) groups excluding carboxylic acids is 1. The topological polar surface area (TPSA) is 44.4 Å². The quantitative estimate of drug-likeness (QED) is 0.894. The summed E-state index contributed by atoms with van der Waals surface area (Å²) in [5, 5.41) is 6.58. The zero-order valence-corrected chi connectivity index (χ0v) is 13.6. The molecular formula is C17H27N3O. The summed E-state index contributed by atoms with van der Waals surface area (Å²) < 4.78 is 0. The van der Waals surface area contributed by atoms with Gasteiger partial charge in [-0.2, -0.15) is 0 Å². The molecule has 1 aromatic rings. The number of benzene rings is 1. The average Bonchev–Trinajstić information content (AvgIpc) is 2.46. The van der Waals surface area contributed by atoms with Gasteiger partial charge in [-0.25, -0.2) is 0 Å². The van der Waals surface area contributed by atoms with Gasteiger partial charge in [0.15, 0.2) is 0 Å². The number of amides is 1. The van der Waals surface area contributed by atoms with Crippen LogP contribution >= 0.6 is 0 Å². The van der Waals surface area contributed by atoms with E-state index in [1.54, 1.807) is 0 Å². The van der Waals surface area contributed by atoms with Crippen molar-refractivity contribution in [2.75, 3.05) is 24.2 Å². The highest BCUT2D eigenvalue weighted by Crippen LogP contribution is 2.25. The van der Waals surface area contributed by atoms with E-state index in [2.05, 4.69) is 42.5 Å². The van der Waals surface area contributed by atoms with Crippen LogP contribution in [0.1, 0.15) is 38.7 Å². The number of rotatable bonds is 4. The molecule has 1 aliphatic heterocycles. The Balaban J connectivity index is 2.05. The molecule has 0 bridgehead atoms. The van der Waals surface area contributed by atoms with Gasteiger partial charge in [0.25, 0.3) is 0 Å². The van der Waals surface area contributed by atoms with Crippen molar-refractivity contribution < 1.29 is 4.79 Å². The molecule has 0 spiro atoms. The molecule has 1 aliphatic rings. The van der Waals surface area contributed by atoms with E-state index in [4.69, 9.17) is 0 Å². The third-order valence-corrected chi connectivity index (χ3v) is 4.41. The molecule has 0 aliphatic carbocycles. The van der Waals surface area contributed by atoms with Gasteiger partial charge < -0.3 is 15.5 Å². The Hall–Kier alpha value is -1.55. The maximum absolute atomic E-state index is 11.5. The Morgan fingerprint density at radius 1 is 1.43 bits per heavy atom. The van der Waals surface area contributed by atoms with E-state index >= 15 is 0 Å². The SMILES string of the molecule is CCC(=O)Nc1ccc(C)c(NC2CCN(C)C(C)C2)c1. The van der Waals surface area contributed by atoms with Crippen LogP contribution in [0.5, 0.6) is 0 Å². The van der Waals surface area contributed by atoms with E-state index < -0.39 is 0 Å². The van der Waals surface area contributed by atoms with Gasteiger partial charge in [0.05, 0.1) is 0 Å². The molecule has 2 rings (SSSR count). The molecular weight excluding hydrogens is 262 g/mol. The van der Waals surface area contributed by atoms with Crippen LogP contribution in [0.2, 0.25) is 0 Å². The van der Waals surface area contributed by atoms with Crippen LogP contribution in [0.15, 0.2) is 18.2 Å². The molecule has 1 saturated heterocycles. The van der Waals surface area contributed by atoms with Crippen LogP contribution in [0, 0.1) is 6.92 Å². The highest BCUT2D eigenvalue weighted by Gasteiger charge is 2.22. The van der Waals surface area contributed by atoms with E-state index in [-0.39, 0.29) is 5.91 Å². The van der Waals surface area contributed by atoms with Crippen molar-refractivity contribution >= 4 is 17.3 Å². The van der Waals surface area contributed by atoms with E-state index in [0.717, 1.165) is 30.8 Å². The van der Waals surface area contributed by atoms with Gasteiger partial charge >= 0.3 is 0 Å². The van der Waals surface area contributed by atoms with E-state index in [9.17, 15) is 4.79 Å². The molecule has 4 nitrogen and oxygen atoms in total. The van der Waals surface area contributed by atoms with Crippen LogP contribution in [0.25, 0.3) is 0 Å². The van der Waals surface area contributed by atoms with Crippen molar-refractivity contribution in [1.29, 1.82) is 0 Å². The first-order chi connectivity index (χ1) is 9.99. The molecule has 0 radical (unpaired) electrons. The van der Waals surface area contributed by atoms with Gasteiger partial charge in [-0.1, -0.05) is 13.0 Å². The predicted octanol–water partition coefficient (Wildman–Crippen LogP) is 3.24. The second kappa shape index (κ2) is 6.94. The second-order valence-corrected chi connectivity index (χ2v) is 6.13. The molecule has 1 amide bonds. The van der Waals surface area contributed by atoms with Gasteiger partial charge in [0.1, 0.15) is 0 Å². The highest BCUT2D eigenvalue weighted by atomic mass is 16.1. The highest BCUT2D eigenvalue weighted by molar-refractivity contribution is 5.91. The number of nitrogens with zero attached hydrogens (tertiary/aromatic N) is 1. The van der Waals surface area contributed by atoms with Gasteiger partial charge in [-0.3, -0.25) is 4.79 Å². The second-order valence-electron chi connectivity index (χ2n) is 6.13. The smallest absolute Gasteiger partial charge is 0.224 e. The molecule has 2 N–H and O–H groups in total. The van der Waals surface area contributed by atoms with Gasteiger partial charge in [-0.15, -0.1) is 0 Å². The van der Waals surface area contributed by atoms with Crippen LogP contribution < -0.4 is 10.6 Å².